The first kappa shape index (κ1) is 13.6. The number of aromatic nitrogens is 2. The second-order valence-corrected chi connectivity index (χ2v) is 4.84. The Bertz CT molecular complexity index is 938. The fourth-order valence-electron chi connectivity index (χ4n) is 2.83. The Hall–Kier alpha value is -2.42. The minimum atomic E-state index is -0.207. The SMILES string of the molecule is CC.C[n+]1c2ccccc2cc2[nH]c3ccc(F)cc3c21. The average molecular weight is 281 g/mol. The topological polar surface area (TPSA) is 19.7 Å². The Morgan fingerprint density at radius 2 is 1.71 bits per heavy atom. The van der Waals surface area contributed by atoms with Gasteiger partial charge in [0.1, 0.15) is 18.4 Å². The third-order valence-electron chi connectivity index (χ3n) is 3.69. The van der Waals surface area contributed by atoms with E-state index in [1.165, 1.54) is 11.5 Å². The summed E-state index contributed by atoms with van der Waals surface area (Å²) in [5.74, 6) is -0.207. The quantitative estimate of drug-likeness (QED) is 0.459. The maximum Gasteiger partial charge on any atom is 0.238 e. The molecule has 0 fully saturated rings. The molecule has 4 rings (SSSR count). The molecule has 1 N–H and O–H groups in total. The number of fused-ring (bicyclic) bond motifs is 4. The van der Waals surface area contributed by atoms with Gasteiger partial charge in [0.05, 0.1) is 10.9 Å². The summed E-state index contributed by atoms with van der Waals surface area (Å²) < 4.78 is 15.6. The van der Waals surface area contributed by atoms with Crippen molar-refractivity contribution >= 4 is 32.8 Å². The van der Waals surface area contributed by atoms with Crippen molar-refractivity contribution in [3.8, 4) is 0 Å². The molecule has 106 valence electrons. The number of rotatable bonds is 0. The highest BCUT2D eigenvalue weighted by Gasteiger charge is 2.17. The highest BCUT2D eigenvalue weighted by Crippen LogP contribution is 2.25. The second kappa shape index (κ2) is 5.17. The zero-order valence-corrected chi connectivity index (χ0v) is 12.4. The van der Waals surface area contributed by atoms with Gasteiger partial charge in [0.25, 0.3) is 0 Å². The maximum atomic E-state index is 13.5. The van der Waals surface area contributed by atoms with Gasteiger partial charge in [-0.1, -0.05) is 26.0 Å². The van der Waals surface area contributed by atoms with Crippen LogP contribution in [0.3, 0.4) is 0 Å². The summed E-state index contributed by atoms with van der Waals surface area (Å²) >= 11 is 0. The lowest BCUT2D eigenvalue weighted by Crippen LogP contribution is -2.29. The van der Waals surface area contributed by atoms with Gasteiger partial charge in [0.15, 0.2) is 0 Å². The van der Waals surface area contributed by atoms with Gasteiger partial charge in [0, 0.05) is 11.5 Å². The predicted molar refractivity (Wildman–Crippen MR) is 85.8 cm³/mol. The summed E-state index contributed by atoms with van der Waals surface area (Å²) in [5, 5.41) is 2.09. The van der Waals surface area contributed by atoms with Crippen molar-refractivity contribution < 1.29 is 8.96 Å². The van der Waals surface area contributed by atoms with Gasteiger partial charge in [0.2, 0.25) is 11.0 Å². The van der Waals surface area contributed by atoms with Crippen molar-refractivity contribution in [3.05, 3.63) is 54.3 Å². The fourth-order valence-corrected chi connectivity index (χ4v) is 2.83. The van der Waals surface area contributed by atoms with E-state index in [0.717, 1.165) is 27.5 Å². The summed E-state index contributed by atoms with van der Waals surface area (Å²) in [5.41, 5.74) is 4.16. The Morgan fingerprint density at radius 3 is 2.52 bits per heavy atom. The van der Waals surface area contributed by atoms with Crippen LogP contribution in [0.15, 0.2) is 48.5 Å². The molecule has 0 atom stereocenters. The first-order chi connectivity index (χ1) is 10.2. The number of benzene rings is 2. The molecule has 0 bridgehead atoms. The van der Waals surface area contributed by atoms with Crippen molar-refractivity contribution in [2.75, 3.05) is 0 Å². The van der Waals surface area contributed by atoms with Crippen LogP contribution in [0.25, 0.3) is 32.8 Å². The zero-order chi connectivity index (χ0) is 15.0. The number of pyridine rings is 1. The van der Waals surface area contributed by atoms with Crippen molar-refractivity contribution in [2.24, 2.45) is 7.05 Å². The van der Waals surface area contributed by atoms with Crippen LogP contribution in [0.5, 0.6) is 0 Å². The number of halogens is 1. The van der Waals surface area contributed by atoms with Crippen LogP contribution in [0.2, 0.25) is 0 Å². The molecular formula is C18H18FN2+. The first-order valence-electron chi connectivity index (χ1n) is 7.23. The lowest BCUT2D eigenvalue weighted by atomic mass is 10.1. The van der Waals surface area contributed by atoms with Crippen LogP contribution >= 0.6 is 0 Å². The maximum absolute atomic E-state index is 13.5. The molecule has 4 aromatic rings. The van der Waals surface area contributed by atoms with Crippen molar-refractivity contribution in [1.82, 2.24) is 4.98 Å². The average Bonchev–Trinajstić information content (AvgIpc) is 2.87. The minimum Gasteiger partial charge on any atom is -0.349 e. The number of nitrogens with zero attached hydrogens (tertiary/aromatic N) is 1. The number of nitrogens with one attached hydrogen (secondary N) is 1. The van der Waals surface area contributed by atoms with E-state index in [-0.39, 0.29) is 5.82 Å². The molecular weight excluding hydrogens is 263 g/mol. The lowest BCUT2D eigenvalue weighted by molar-refractivity contribution is -0.616. The first-order valence-corrected chi connectivity index (χ1v) is 7.23. The normalized spacial score (nSPS) is 10.9. The van der Waals surface area contributed by atoms with Crippen LogP contribution in [-0.2, 0) is 7.05 Å². The molecule has 0 unspecified atom stereocenters. The second-order valence-electron chi connectivity index (χ2n) is 4.84. The number of H-pyrrole nitrogens is 1. The number of aromatic amines is 1. The molecule has 0 saturated carbocycles. The Balaban J connectivity index is 0.000000636. The summed E-state index contributed by atoms with van der Waals surface area (Å²) in [4.78, 5) is 3.35. The minimum absolute atomic E-state index is 0.207. The smallest absolute Gasteiger partial charge is 0.238 e. The van der Waals surface area contributed by atoms with E-state index in [0.29, 0.717) is 0 Å². The molecule has 2 aromatic heterocycles. The van der Waals surface area contributed by atoms with Crippen LogP contribution in [-0.4, -0.2) is 4.98 Å². The predicted octanol–water partition coefficient (Wildman–Crippen LogP) is 4.46. The Kier molecular flexibility index (Phi) is 3.34. The third kappa shape index (κ3) is 2.05. The number of hydrogen-bond acceptors (Lipinski definition) is 0. The van der Waals surface area contributed by atoms with Gasteiger partial charge in [-0.15, -0.1) is 0 Å². The molecule has 0 saturated heterocycles. The molecule has 0 aliphatic heterocycles. The number of aryl methyl sites for hydroxylation is 1. The van der Waals surface area contributed by atoms with Crippen molar-refractivity contribution in [3.63, 3.8) is 0 Å². The van der Waals surface area contributed by atoms with Gasteiger partial charge < -0.3 is 4.98 Å². The van der Waals surface area contributed by atoms with Crippen LogP contribution < -0.4 is 4.57 Å². The summed E-state index contributed by atoms with van der Waals surface area (Å²) in [6, 6.07) is 15.2. The molecule has 2 heterocycles. The standard InChI is InChI=1S/C16H11FN2.C2H6/c1-19-15-5-3-2-4-10(15)8-14-16(19)12-9-11(17)6-7-13(12)18-14;1-2/h2-9H,1H3;1-2H3/p+1. The number of hydrogen-bond donors (Lipinski definition) is 1. The van der Waals surface area contributed by atoms with E-state index in [9.17, 15) is 4.39 Å². The van der Waals surface area contributed by atoms with E-state index in [2.05, 4.69) is 27.8 Å². The Morgan fingerprint density at radius 1 is 0.952 bits per heavy atom. The molecule has 3 heteroatoms. The largest absolute Gasteiger partial charge is 0.349 e. The molecule has 0 spiro atoms. The van der Waals surface area contributed by atoms with E-state index in [1.54, 1.807) is 12.1 Å². The molecule has 0 aliphatic carbocycles. The molecule has 2 nitrogen and oxygen atoms in total. The van der Waals surface area contributed by atoms with Crippen molar-refractivity contribution in [1.29, 1.82) is 0 Å². The monoisotopic (exact) mass is 281 g/mol. The molecule has 0 radical (unpaired) electrons. The number of para-hydroxylation sites is 1. The zero-order valence-electron chi connectivity index (χ0n) is 12.4. The van der Waals surface area contributed by atoms with Gasteiger partial charge in [-0.25, -0.2) is 4.39 Å². The van der Waals surface area contributed by atoms with Crippen LogP contribution in [0, 0.1) is 5.82 Å². The van der Waals surface area contributed by atoms with Gasteiger partial charge in [-0.2, -0.15) is 4.57 Å². The molecule has 2 aromatic carbocycles. The van der Waals surface area contributed by atoms with E-state index >= 15 is 0 Å². The van der Waals surface area contributed by atoms with Crippen LogP contribution in [0.4, 0.5) is 4.39 Å². The Labute approximate surface area is 122 Å². The molecule has 21 heavy (non-hydrogen) atoms. The van der Waals surface area contributed by atoms with Gasteiger partial charge >= 0.3 is 0 Å². The van der Waals surface area contributed by atoms with E-state index in [4.69, 9.17) is 0 Å². The highest BCUT2D eigenvalue weighted by atomic mass is 19.1. The molecule has 0 amide bonds. The summed E-state index contributed by atoms with van der Waals surface area (Å²) in [6.07, 6.45) is 0. The highest BCUT2D eigenvalue weighted by molar-refractivity contribution is 6.05. The van der Waals surface area contributed by atoms with E-state index in [1.807, 2.05) is 33.0 Å². The van der Waals surface area contributed by atoms with Crippen LogP contribution in [0.1, 0.15) is 13.8 Å². The van der Waals surface area contributed by atoms with Gasteiger partial charge in [-0.3, -0.25) is 0 Å². The fraction of sp³-hybridized carbons (Fsp3) is 0.167. The lowest BCUT2D eigenvalue weighted by Gasteiger charge is -1.98. The summed E-state index contributed by atoms with van der Waals surface area (Å²) in [7, 11) is 2.02. The summed E-state index contributed by atoms with van der Waals surface area (Å²) in [6.45, 7) is 4.00. The third-order valence-corrected chi connectivity index (χ3v) is 3.69. The van der Waals surface area contributed by atoms with Gasteiger partial charge in [-0.05, 0) is 30.3 Å². The molecule has 0 aliphatic rings. The van der Waals surface area contributed by atoms with Crippen molar-refractivity contribution in [2.45, 2.75) is 13.8 Å². The van der Waals surface area contributed by atoms with E-state index < -0.39 is 0 Å².